The van der Waals surface area contributed by atoms with Gasteiger partial charge in [0.2, 0.25) is 0 Å². The molecule has 0 atom stereocenters. The van der Waals surface area contributed by atoms with Gasteiger partial charge < -0.3 is 4.90 Å². The van der Waals surface area contributed by atoms with Gasteiger partial charge in [0, 0.05) is 17.4 Å². The van der Waals surface area contributed by atoms with E-state index in [9.17, 15) is 0 Å². The Bertz CT molecular complexity index is 5110. The molecule has 0 bridgehead atoms. The summed E-state index contributed by atoms with van der Waals surface area (Å²) in [6, 6.07) is 84.7. The molecule has 0 saturated heterocycles. The van der Waals surface area contributed by atoms with E-state index in [0.717, 1.165) is 99.2 Å². The van der Waals surface area contributed by atoms with Crippen molar-refractivity contribution in [1.29, 1.82) is 0 Å². The summed E-state index contributed by atoms with van der Waals surface area (Å²) in [6.07, 6.45) is 1.65. The van der Waals surface area contributed by atoms with E-state index < -0.39 is 23.5 Å². The number of imidazole rings is 1. The second-order valence-electron chi connectivity index (χ2n) is 25.2. The molecule has 11 aromatic carbocycles. The maximum atomic E-state index is 8.99. The summed E-state index contributed by atoms with van der Waals surface area (Å²) < 4.78 is 56.5. The molecule has 0 unspecified atom stereocenters. The number of hydrogen-bond acceptors (Lipinski definition) is 4. The molecule has 6 nitrogen and oxygen atoms in total. The fourth-order valence-corrected chi connectivity index (χ4v) is 14.6. The Hall–Kier alpha value is -9.87. The van der Waals surface area contributed by atoms with Crippen LogP contribution in [0.4, 0.5) is 34.3 Å². The molecule has 15 rings (SSSR count). The summed E-state index contributed by atoms with van der Waals surface area (Å²) in [6.45, 7) is 15.6. The van der Waals surface area contributed by atoms with Crippen LogP contribution in [0.2, 0.25) is 0 Å². The molecule has 13 aromatic rings. The van der Waals surface area contributed by atoms with Crippen LogP contribution in [0, 0.1) is 10.7 Å². The zero-order valence-corrected chi connectivity index (χ0v) is 52.9. The van der Waals surface area contributed by atoms with Crippen LogP contribution in [0.3, 0.4) is 0 Å². The molecule has 1 spiro atoms. The predicted octanol–water partition coefficient (Wildman–Crippen LogP) is 21.5. The molecule has 0 radical (unpaired) electrons. The normalized spacial score (nSPS) is 14.0. The van der Waals surface area contributed by atoms with Gasteiger partial charge in [0.15, 0.2) is 0 Å². The Labute approximate surface area is 539 Å². The number of pyridine rings is 1. The summed E-state index contributed by atoms with van der Waals surface area (Å²) in [5.41, 5.74) is 20.4. The second-order valence-corrected chi connectivity index (χ2v) is 26.2. The Morgan fingerprint density at radius 2 is 0.933 bits per heavy atom. The standard InChI is InChI=1S/C82H67N5O.Pt/c1-55-47-78(83-53-67(55)58-31-15-10-16-32-58)87-74-42-22-19-39-70(74)82(68-37-17-20-40-72(68)86(73-41-21-18-38-69(73)82)62-49-59(80(2,3)4)48-60(50-62)81(5,6)7)71-46-45-64(52-77(71)87)88-63-34-25-33-61(51-63)84-54-85(76-44-24-23-43-75(76)84)79-65(56-27-11-8-12-28-56)35-26-36-66(79)57-29-13-9-14-30-57;/h8-53H,1-7H3;/i10D,15D,16D,31D,32D;. The van der Waals surface area contributed by atoms with Gasteiger partial charge in [-0.2, -0.15) is 0 Å². The number of aryl methyl sites for hydroxylation is 1. The number of anilines is 6. The van der Waals surface area contributed by atoms with Gasteiger partial charge in [-0.15, -0.1) is 0 Å². The van der Waals surface area contributed by atoms with Gasteiger partial charge >= 0.3 is 306 Å². The molecule has 0 N–H and O–H groups in total. The monoisotopic (exact) mass is 1340 g/mol. The van der Waals surface area contributed by atoms with Gasteiger partial charge in [-0.3, -0.25) is 0 Å². The molecular formula is C82H67N5OPt. The Morgan fingerprint density at radius 1 is 0.427 bits per heavy atom. The Morgan fingerprint density at radius 3 is 1.51 bits per heavy atom. The molecule has 2 aliphatic rings. The number of hydrogen-bond donors (Lipinski definition) is 0. The van der Waals surface area contributed by atoms with Gasteiger partial charge in [-0.1, -0.05) is 132 Å². The zero-order valence-electron chi connectivity index (χ0n) is 55.6. The van der Waals surface area contributed by atoms with Crippen LogP contribution in [0.1, 0.15) is 87.3 Å². The van der Waals surface area contributed by atoms with Crippen LogP contribution in [0.15, 0.2) is 279 Å². The van der Waals surface area contributed by atoms with E-state index in [4.69, 9.17) is 16.6 Å². The van der Waals surface area contributed by atoms with Crippen LogP contribution in [0.5, 0.6) is 11.5 Å². The van der Waals surface area contributed by atoms with E-state index in [2.05, 4.69) is 310 Å². The first-order valence-electron chi connectivity index (χ1n) is 32.8. The molecule has 0 fully saturated rings. The van der Waals surface area contributed by atoms with Gasteiger partial charge in [-0.05, 0) is 64.3 Å². The van der Waals surface area contributed by atoms with Crippen LogP contribution < -0.4 is 14.5 Å². The van der Waals surface area contributed by atoms with Gasteiger partial charge in [0.25, 0.3) is 0 Å². The molecule has 0 saturated carbocycles. The van der Waals surface area contributed by atoms with E-state index in [1.807, 2.05) is 19.1 Å². The van der Waals surface area contributed by atoms with Crippen molar-refractivity contribution in [2.24, 2.45) is 0 Å². The van der Waals surface area contributed by atoms with E-state index in [0.29, 0.717) is 28.4 Å². The topological polar surface area (TPSA) is 38.5 Å². The van der Waals surface area contributed by atoms with Crippen molar-refractivity contribution in [2.75, 3.05) is 9.80 Å². The summed E-state index contributed by atoms with van der Waals surface area (Å²) in [5, 5.41) is 0. The minimum atomic E-state index is -0.900. The fraction of sp³-hybridized carbons (Fsp3) is 0.122. The molecule has 2 aromatic heterocycles. The molecule has 2 aliphatic heterocycles. The summed E-state index contributed by atoms with van der Waals surface area (Å²) in [5.74, 6) is 1.82. The van der Waals surface area contributed by atoms with Crippen molar-refractivity contribution >= 4 is 45.3 Å². The van der Waals surface area contributed by atoms with Crippen LogP contribution in [0.25, 0.3) is 55.8 Å². The van der Waals surface area contributed by atoms with E-state index in [-0.39, 0.29) is 28.5 Å². The quantitative estimate of drug-likeness (QED) is 0.144. The summed E-state index contributed by atoms with van der Waals surface area (Å²) >= 11 is 2.49. The molecule has 0 aliphatic carbocycles. The van der Waals surface area contributed by atoms with E-state index >= 15 is 0 Å². The molecule has 0 amide bonds. The Balaban J connectivity index is 0.927. The van der Waals surface area contributed by atoms with Crippen molar-refractivity contribution in [2.45, 2.75) is 64.7 Å². The molecule has 4 heterocycles. The van der Waals surface area contributed by atoms with Crippen molar-refractivity contribution < 1.29 is 30.9 Å². The first kappa shape index (κ1) is 50.2. The third kappa shape index (κ3) is 9.34. The number of benzene rings is 11. The van der Waals surface area contributed by atoms with Gasteiger partial charge in [0.05, 0.1) is 18.2 Å². The SMILES string of the molecule is [2H]c1c([2H])c([2H])c(-c2cnc(N3c4ccccc4C4(c5ccccc5N(c5cc(C(C)(C)C)cc(C(C)(C)C)c5)c5ccccc54)c4ccc(Oc5cccc(-n6[c](=[Pt])n(-c7c(-c8ccccc8)cccc7-c7ccccc7)c7ccccc76)c5)cc43)cc2C)c([2H])c1[2H]. The van der Waals surface area contributed by atoms with Crippen LogP contribution >= 0.6 is 0 Å². The number of para-hydroxylation sites is 6. The molecular weight excluding hydrogens is 1270 g/mol. The van der Waals surface area contributed by atoms with E-state index in [1.54, 1.807) is 6.20 Å². The smallest absolute Gasteiger partial charge is 0.0616 e. The predicted molar refractivity (Wildman–Crippen MR) is 363 cm³/mol. The number of aromatic nitrogens is 3. The molecule has 436 valence electrons. The Kier molecular flexibility index (Phi) is 12.3. The zero-order chi connectivity index (χ0) is 65.1. The van der Waals surface area contributed by atoms with Crippen molar-refractivity contribution in [3.8, 4) is 56.3 Å². The molecule has 7 heteroatoms. The van der Waals surface area contributed by atoms with Crippen molar-refractivity contribution in [3.63, 3.8) is 0 Å². The van der Waals surface area contributed by atoms with E-state index in [1.165, 1.54) is 11.1 Å². The van der Waals surface area contributed by atoms with Crippen LogP contribution in [-0.4, -0.2) is 14.1 Å². The second kappa shape index (κ2) is 21.8. The summed E-state index contributed by atoms with van der Waals surface area (Å²) in [4.78, 5) is 9.89. The maximum absolute atomic E-state index is 8.99. The average Bonchev–Trinajstić information content (AvgIpc) is 0.935. The number of ether oxygens (including phenoxy) is 1. The van der Waals surface area contributed by atoms with Gasteiger partial charge in [0.1, 0.15) is 0 Å². The number of rotatable bonds is 9. The molecule has 89 heavy (non-hydrogen) atoms. The van der Waals surface area contributed by atoms with Crippen molar-refractivity contribution in [3.05, 3.63) is 322 Å². The average molecular weight is 1340 g/mol. The number of fused-ring (bicyclic) bond motifs is 9. The van der Waals surface area contributed by atoms with Gasteiger partial charge in [-0.25, -0.2) is 0 Å². The van der Waals surface area contributed by atoms with Crippen LogP contribution in [-0.2, 0) is 35.6 Å². The summed E-state index contributed by atoms with van der Waals surface area (Å²) in [7, 11) is 0. The first-order chi connectivity index (χ1) is 45.3. The van der Waals surface area contributed by atoms with Crippen molar-refractivity contribution in [1.82, 2.24) is 14.1 Å². The minimum absolute atomic E-state index is 0.105. The minimum Gasteiger partial charge on any atom is -0.0616 e. The fourth-order valence-electron chi connectivity index (χ4n) is 13.5. The first-order valence-corrected chi connectivity index (χ1v) is 31.4. The third-order valence-electron chi connectivity index (χ3n) is 17.7. The number of nitrogens with zero attached hydrogens (tertiary/aromatic N) is 5. The third-order valence-corrected chi connectivity index (χ3v) is 18.7.